The summed E-state index contributed by atoms with van der Waals surface area (Å²) in [4.78, 5) is 4.01. The summed E-state index contributed by atoms with van der Waals surface area (Å²) in [5.41, 5.74) is 1.00. The minimum Gasteiger partial charge on any atom is -0.268 e. The number of amidine groups is 1. The van der Waals surface area contributed by atoms with Crippen LogP contribution in [0.25, 0.3) is 0 Å². The molecule has 0 unspecified atom stereocenters. The molecule has 1 heterocycles. The van der Waals surface area contributed by atoms with Crippen molar-refractivity contribution >= 4 is 5.84 Å². The molecule has 1 rings (SSSR count). The molecule has 0 radical (unpaired) electrons. The molecule has 0 aliphatic carbocycles. The van der Waals surface area contributed by atoms with E-state index in [9.17, 15) is 0 Å². The van der Waals surface area contributed by atoms with Crippen LogP contribution in [-0.4, -0.2) is 12.9 Å². The molecule has 68 valence electrons. The number of rotatable bonds is 2. The van der Waals surface area contributed by atoms with Crippen LogP contribution in [0.5, 0.6) is 0 Å². The summed E-state index contributed by atoms with van der Waals surface area (Å²) < 4.78 is 0. The highest BCUT2D eigenvalue weighted by Gasteiger charge is 2.03. The van der Waals surface area contributed by atoms with Crippen molar-refractivity contribution in [3.05, 3.63) is 36.1 Å². The van der Waals surface area contributed by atoms with Gasteiger partial charge in [-0.3, -0.25) is 4.99 Å². The monoisotopic (exact) mass is 175 g/mol. The zero-order valence-corrected chi connectivity index (χ0v) is 7.94. The van der Waals surface area contributed by atoms with Gasteiger partial charge in [-0.1, -0.05) is 25.2 Å². The molecule has 0 spiro atoms. The van der Waals surface area contributed by atoms with Crippen LogP contribution in [0.2, 0.25) is 0 Å². The van der Waals surface area contributed by atoms with Crippen molar-refractivity contribution in [3.8, 4) is 0 Å². The Kier molecular flexibility index (Phi) is 3.82. The summed E-state index contributed by atoms with van der Waals surface area (Å²) in [6.45, 7) is 2.10. The highest BCUT2D eigenvalue weighted by Crippen LogP contribution is 2.08. The van der Waals surface area contributed by atoms with Gasteiger partial charge in [0.2, 0.25) is 0 Å². The number of allylic oxidation sites excluding steroid dienone is 3. The van der Waals surface area contributed by atoms with E-state index in [-0.39, 0.29) is 0 Å². The highest BCUT2D eigenvalue weighted by molar-refractivity contribution is 6.01. The third kappa shape index (κ3) is 2.78. The molecule has 0 aromatic carbocycles. The van der Waals surface area contributed by atoms with Gasteiger partial charge in [0.05, 0.1) is 6.20 Å². The van der Waals surface area contributed by atoms with E-state index < -0.39 is 0 Å². The summed E-state index contributed by atoms with van der Waals surface area (Å²) in [5, 5.41) is 7.65. The van der Waals surface area contributed by atoms with Gasteiger partial charge in [-0.15, -0.1) is 5.11 Å². The number of nitrogens with zero attached hydrogens (tertiary/aromatic N) is 3. The quantitative estimate of drug-likeness (QED) is 0.619. The van der Waals surface area contributed by atoms with E-state index in [0.717, 1.165) is 12.0 Å². The van der Waals surface area contributed by atoms with E-state index in [1.165, 1.54) is 0 Å². The van der Waals surface area contributed by atoms with Crippen molar-refractivity contribution in [3.63, 3.8) is 0 Å². The van der Waals surface area contributed by atoms with Crippen LogP contribution < -0.4 is 0 Å². The van der Waals surface area contributed by atoms with Crippen LogP contribution in [0.3, 0.4) is 0 Å². The number of aliphatic imine (C=N–C) groups is 1. The largest absolute Gasteiger partial charge is 0.268 e. The average molecular weight is 175 g/mol. The molecule has 0 saturated carbocycles. The third-order valence-electron chi connectivity index (χ3n) is 1.59. The second kappa shape index (κ2) is 5.19. The van der Waals surface area contributed by atoms with E-state index >= 15 is 0 Å². The molecule has 0 fully saturated rings. The lowest BCUT2D eigenvalue weighted by Gasteiger charge is -2.01. The second-order valence-electron chi connectivity index (χ2n) is 2.54. The van der Waals surface area contributed by atoms with E-state index in [0.29, 0.717) is 5.84 Å². The minimum atomic E-state index is 0.684. The lowest BCUT2D eigenvalue weighted by Crippen LogP contribution is -1.98. The Morgan fingerprint density at radius 1 is 1.54 bits per heavy atom. The van der Waals surface area contributed by atoms with Crippen LogP contribution in [0.1, 0.15) is 13.3 Å². The molecule has 3 heteroatoms. The lowest BCUT2D eigenvalue weighted by molar-refractivity contribution is 1.21. The van der Waals surface area contributed by atoms with Gasteiger partial charge in [0.1, 0.15) is 0 Å². The van der Waals surface area contributed by atoms with Crippen molar-refractivity contribution in [2.75, 3.05) is 7.05 Å². The summed E-state index contributed by atoms with van der Waals surface area (Å²) in [6.07, 6.45) is 10.7. The Morgan fingerprint density at radius 2 is 2.38 bits per heavy atom. The fraction of sp³-hybridized carbons (Fsp3) is 0.300. The van der Waals surface area contributed by atoms with Gasteiger partial charge in [0.15, 0.2) is 5.84 Å². The molecule has 1 aliphatic heterocycles. The Morgan fingerprint density at radius 3 is 3.08 bits per heavy atom. The molecule has 0 bridgehead atoms. The maximum atomic E-state index is 4.01. The number of hydrogen-bond donors (Lipinski definition) is 0. The van der Waals surface area contributed by atoms with Gasteiger partial charge < -0.3 is 0 Å². The fourth-order valence-corrected chi connectivity index (χ4v) is 0.946. The van der Waals surface area contributed by atoms with Gasteiger partial charge in [-0.25, -0.2) is 0 Å². The van der Waals surface area contributed by atoms with Crippen LogP contribution in [0, 0.1) is 0 Å². The maximum absolute atomic E-state index is 4.01. The van der Waals surface area contributed by atoms with E-state index in [1.807, 2.05) is 18.2 Å². The summed E-state index contributed by atoms with van der Waals surface area (Å²) in [6, 6.07) is 0. The fourth-order valence-electron chi connectivity index (χ4n) is 0.946. The van der Waals surface area contributed by atoms with Crippen molar-refractivity contribution < 1.29 is 0 Å². The summed E-state index contributed by atoms with van der Waals surface area (Å²) >= 11 is 0. The minimum absolute atomic E-state index is 0.684. The molecule has 13 heavy (non-hydrogen) atoms. The van der Waals surface area contributed by atoms with Gasteiger partial charge >= 0.3 is 0 Å². The first kappa shape index (κ1) is 9.58. The predicted octanol–water partition coefficient (Wildman–Crippen LogP) is 2.89. The summed E-state index contributed by atoms with van der Waals surface area (Å²) in [7, 11) is 1.71. The van der Waals surface area contributed by atoms with Crippen LogP contribution in [0.15, 0.2) is 51.3 Å². The van der Waals surface area contributed by atoms with E-state index in [2.05, 4.69) is 28.2 Å². The lowest BCUT2D eigenvalue weighted by atomic mass is 10.2. The van der Waals surface area contributed by atoms with Crippen LogP contribution in [0.4, 0.5) is 0 Å². The van der Waals surface area contributed by atoms with Gasteiger partial charge in [-0.05, 0) is 12.5 Å². The molecule has 0 amide bonds. The first-order chi connectivity index (χ1) is 6.38. The van der Waals surface area contributed by atoms with Crippen LogP contribution >= 0.6 is 0 Å². The molecule has 0 atom stereocenters. The van der Waals surface area contributed by atoms with E-state index in [4.69, 9.17) is 0 Å². The molecular formula is C10H13N3. The molecular weight excluding hydrogens is 162 g/mol. The van der Waals surface area contributed by atoms with Crippen molar-refractivity contribution in [2.45, 2.75) is 13.3 Å². The molecule has 0 N–H and O–H groups in total. The van der Waals surface area contributed by atoms with E-state index in [1.54, 1.807) is 13.2 Å². The first-order valence-corrected chi connectivity index (χ1v) is 4.30. The smallest absolute Gasteiger partial charge is 0.176 e. The molecule has 1 aliphatic rings. The van der Waals surface area contributed by atoms with Gasteiger partial charge in [0, 0.05) is 12.6 Å². The highest BCUT2D eigenvalue weighted by atomic mass is 15.1. The second-order valence-corrected chi connectivity index (χ2v) is 2.54. The van der Waals surface area contributed by atoms with Crippen molar-refractivity contribution in [1.29, 1.82) is 0 Å². The number of azo groups is 1. The Hall–Kier alpha value is -1.51. The Labute approximate surface area is 78.3 Å². The zero-order chi connectivity index (χ0) is 9.52. The molecule has 3 nitrogen and oxygen atoms in total. The van der Waals surface area contributed by atoms with Crippen molar-refractivity contribution in [2.24, 2.45) is 15.2 Å². The molecule has 0 saturated heterocycles. The van der Waals surface area contributed by atoms with Crippen LogP contribution in [-0.2, 0) is 0 Å². The Bertz CT molecular complexity index is 306. The average Bonchev–Trinajstić information content (AvgIpc) is 2.19. The topological polar surface area (TPSA) is 37.1 Å². The number of hydrogen-bond acceptors (Lipinski definition) is 2. The zero-order valence-electron chi connectivity index (χ0n) is 7.94. The molecule has 0 aromatic rings. The van der Waals surface area contributed by atoms with Gasteiger partial charge in [-0.2, -0.15) is 5.11 Å². The third-order valence-corrected chi connectivity index (χ3v) is 1.59. The first-order valence-electron chi connectivity index (χ1n) is 4.30. The SMILES string of the molecule is CC/C=C\C=C1\C=CN=NC1=NC. The Balaban J connectivity index is 2.79. The molecule has 0 aromatic heterocycles. The summed E-state index contributed by atoms with van der Waals surface area (Å²) in [5.74, 6) is 0.684. The van der Waals surface area contributed by atoms with Crippen molar-refractivity contribution in [1.82, 2.24) is 0 Å². The normalized spacial score (nSPS) is 22.3. The maximum Gasteiger partial charge on any atom is 0.176 e. The van der Waals surface area contributed by atoms with Gasteiger partial charge in [0.25, 0.3) is 0 Å². The predicted molar refractivity (Wildman–Crippen MR) is 54.9 cm³/mol. The standard InChI is InChI=1S/C10H13N3/c1-3-4-5-6-9-7-8-12-13-10(9)11-2/h4-8H,3H2,1-2H3/b5-4-,9-6-,11-10?.